The normalized spacial score (nSPS) is 11.7. The van der Waals surface area contributed by atoms with Crippen molar-refractivity contribution in [3.63, 3.8) is 0 Å². The van der Waals surface area contributed by atoms with E-state index in [0.29, 0.717) is 11.3 Å². The van der Waals surface area contributed by atoms with E-state index in [1.807, 2.05) is 28.8 Å². The van der Waals surface area contributed by atoms with Crippen LogP contribution in [-0.4, -0.2) is 10.5 Å². The van der Waals surface area contributed by atoms with Crippen molar-refractivity contribution in [1.29, 1.82) is 0 Å². The molecule has 3 rings (SSSR count). The number of thiazole rings is 1. The Morgan fingerprint density at radius 3 is 2.95 bits per heavy atom. The molecular weight excluding hydrogens is 272 g/mol. The van der Waals surface area contributed by atoms with Crippen molar-refractivity contribution < 1.29 is 9.21 Å². The number of terminal acetylenes is 1. The van der Waals surface area contributed by atoms with Crippen LogP contribution in [-0.2, 0) is 6.54 Å². The molecule has 98 valence electrons. The van der Waals surface area contributed by atoms with Crippen LogP contribution >= 0.6 is 11.3 Å². The van der Waals surface area contributed by atoms with Gasteiger partial charge in [0.25, 0.3) is 0 Å². The zero-order valence-electron chi connectivity index (χ0n) is 10.4. The fourth-order valence-corrected chi connectivity index (χ4v) is 2.92. The predicted octanol–water partition coefficient (Wildman–Crippen LogP) is 2.67. The fraction of sp³-hybridized carbons (Fsp3) is 0.0667. The number of hydrogen-bond acceptors (Lipinski definition) is 3. The molecule has 4 nitrogen and oxygen atoms in total. The van der Waals surface area contributed by atoms with E-state index in [1.165, 1.54) is 17.6 Å². The van der Waals surface area contributed by atoms with Gasteiger partial charge in [0.15, 0.2) is 10.6 Å². The van der Waals surface area contributed by atoms with Crippen LogP contribution in [0.5, 0.6) is 0 Å². The molecule has 0 spiro atoms. The van der Waals surface area contributed by atoms with Crippen LogP contribution in [0.1, 0.15) is 10.6 Å². The number of carbonyl (C=O) groups excluding carboxylic acids is 1. The maximum atomic E-state index is 12.0. The van der Waals surface area contributed by atoms with Gasteiger partial charge in [-0.15, -0.1) is 6.42 Å². The zero-order valence-corrected chi connectivity index (χ0v) is 11.3. The summed E-state index contributed by atoms with van der Waals surface area (Å²) >= 11 is 1.43. The molecule has 0 unspecified atom stereocenters. The Morgan fingerprint density at radius 2 is 2.20 bits per heavy atom. The first kappa shape index (κ1) is 12.5. The molecule has 0 aliphatic rings. The number of aromatic nitrogens is 1. The van der Waals surface area contributed by atoms with Gasteiger partial charge in [-0.2, -0.15) is 4.99 Å². The van der Waals surface area contributed by atoms with E-state index in [9.17, 15) is 4.79 Å². The highest BCUT2D eigenvalue weighted by Gasteiger charge is 2.09. The highest BCUT2D eigenvalue weighted by atomic mass is 32.1. The molecule has 0 aliphatic carbocycles. The highest BCUT2D eigenvalue weighted by Crippen LogP contribution is 2.16. The summed E-state index contributed by atoms with van der Waals surface area (Å²) in [4.78, 5) is 16.7. The lowest BCUT2D eigenvalue weighted by Crippen LogP contribution is -2.16. The number of rotatable bonds is 2. The van der Waals surface area contributed by atoms with Crippen molar-refractivity contribution >= 4 is 27.5 Å². The third kappa shape index (κ3) is 2.17. The van der Waals surface area contributed by atoms with Crippen molar-refractivity contribution in [1.82, 2.24) is 4.57 Å². The van der Waals surface area contributed by atoms with E-state index < -0.39 is 5.91 Å². The van der Waals surface area contributed by atoms with Crippen LogP contribution in [0.3, 0.4) is 0 Å². The second-order valence-corrected chi connectivity index (χ2v) is 5.05. The van der Waals surface area contributed by atoms with Crippen molar-refractivity contribution in [2.75, 3.05) is 0 Å². The van der Waals surface area contributed by atoms with Crippen molar-refractivity contribution in [3.05, 3.63) is 53.2 Å². The molecular formula is C15H10N2O2S. The van der Waals surface area contributed by atoms with Crippen LogP contribution in [0.15, 0.2) is 52.1 Å². The van der Waals surface area contributed by atoms with Gasteiger partial charge < -0.3 is 8.98 Å². The van der Waals surface area contributed by atoms with Gasteiger partial charge in [-0.25, -0.2) is 0 Å². The number of hydrogen-bond donors (Lipinski definition) is 0. The number of nitrogens with zero attached hydrogens (tertiary/aromatic N) is 2. The highest BCUT2D eigenvalue weighted by molar-refractivity contribution is 7.16. The standard InChI is InChI=1S/C15H10N2O2S/c1-2-9-17-11-6-3-4-8-13(11)20-15(17)16-14(18)12-7-5-10-19-12/h1,3-8,10H,9H2. The third-order valence-corrected chi connectivity index (χ3v) is 3.83. The van der Waals surface area contributed by atoms with Gasteiger partial charge in [0, 0.05) is 0 Å². The van der Waals surface area contributed by atoms with Crippen LogP contribution in [0.2, 0.25) is 0 Å². The molecule has 0 bridgehead atoms. The maximum Gasteiger partial charge on any atom is 0.315 e. The summed E-state index contributed by atoms with van der Waals surface area (Å²) in [6.07, 6.45) is 6.84. The third-order valence-electron chi connectivity index (χ3n) is 2.77. The summed E-state index contributed by atoms with van der Waals surface area (Å²) in [7, 11) is 0. The molecule has 0 N–H and O–H groups in total. The van der Waals surface area contributed by atoms with Crippen LogP contribution < -0.4 is 4.80 Å². The van der Waals surface area contributed by atoms with Crippen LogP contribution in [0, 0.1) is 12.3 Å². The molecule has 0 fully saturated rings. The van der Waals surface area contributed by atoms with Crippen molar-refractivity contribution in [2.24, 2.45) is 4.99 Å². The SMILES string of the molecule is C#CCn1c(=NC(=O)c2ccco2)sc2ccccc21. The van der Waals surface area contributed by atoms with Gasteiger partial charge in [0.05, 0.1) is 23.0 Å². The van der Waals surface area contributed by atoms with E-state index in [2.05, 4.69) is 10.9 Å². The summed E-state index contributed by atoms with van der Waals surface area (Å²) in [5, 5.41) is 0. The van der Waals surface area contributed by atoms with Gasteiger partial charge in [0.2, 0.25) is 0 Å². The lowest BCUT2D eigenvalue weighted by atomic mass is 10.3. The van der Waals surface area contributed by atoms with Gasteiger partial charge in [0.1, 0.15) is 0 Å². The monoisotopic (exact) mass is 282 g/mol. The van der Waals surface area contributed by atoms with Gasteiger partial charge in [-0.1, -0.05) is 29.4 Å². The van der Waals surface area contributed by atoms with Crippen molar-refractivity contribution in [3.8, 4) is 12.3 Å². The molecule has 5 heteroatoms. The van der Waals surface area contributed by atoms with E-state index in [1.54, 1.807) is 12.1 Å². The van der Waals surface area contributed by atoms with E-state index >= 15 is 0 Å². The summed E-state index contributed by atoms with van der Waals surface area (Å²) in [6.45, 7) is 0.369. The second kappa shape index (κ2) is 5.19. The Kier molecular flexibility index (Phi) is 3.23. The molecule has 1 amide bonds. The molecule has 0 aliphatic heterocycles. The quantitative estimate of drug-likeness (QED) is 0.678. The molecule has 2 heterocycles. The molecule has 1 aromatic carbocycles. The Balaban J connectivity index is 2.18. The van der Waals surface area contributed by atoms with Crippen molar-refractivity contribution in [2.45, 2.75) is 6.54 Å². The number of furan rings is 1. The summed E-state index contributed by atoms with van der Waals surface area (Å²) in [5.41, 5.74) is 0.974. The maximum absolute atomic E-state index is 12.0. The minimum Gasteiger partial charge on any atom is -0.459 e. The van der Waals surface area contributed by atoms with Crippen LogP contribution in [0.4, 0.5) is 0 Å². The molecule has 0 atom stereocenters. The number of amides is 1. The van der Waals surface area contributed by atoms with Crippen LogP contribution in [0.25, 0.3) is 10.2 Å². The molecule has 0 saturated carbocycles. The second-order valence-electron chi connectivity index (χ2n) is 4.04. The first-order chi connectivity index (χ1) is 9.79. The minimum atomic E-state index is -0.410. The average molecular weight is 282 g/mol. The summed E-state index contributed by atoms with van der Waals surface area (Å²) in [6, 6.07) is 11.0. The summed E-state index contributed by atoms with van der Waals surface area (Å²) in [5.74, 6) is 2.39. The minimum absolute atomic E-state index is 0.217. The summed E-state index contributed by atoms with van der Waals surface area (Å²) < 4.78 is 7.94. The average Bonchev–Trinajstić information content (AvgIpc) is 3.08. The Labute approximate surface area is 119 Å². The molecule has 0 radical (unpaired) electrons. The van der Waals surface area contributed by atoms with Gasteiger partial charge in [-0.3, -0.25) is 4.79 Å². The smallest absolute Gasteiger partial charge is 0.315 e. The van der Waals surface area contributed by atoms with E-state index in [-0.39, 0.29) is 5.76 Å². The Bertz CT molecular complexity index is 863. The largest absolute Gasteiger partial charge is 0.459 e. The van der Waals surface area contributed by atoms with Gasteiger partial charge in [-0.05, 0) is 24.3 Å². The lowest BCUT2D eigenvalue weighted by Gasteiger charge is -1.98. The molecule has 3 aromatic rings. The van der Waals surface area contributed by atoms with Gasteiger partial charge >= 0.3 is 5.91 Å². The fourth-order valence-electron chi connectivity index (χ4n) is 1.89. The molecule has 2 aromatic heterocycles. The van der Waals surface area contributed by atoms with E-state index in [4.69, 9.17) is 10.8 Å². The Hall–Kier alpha value is -2.58. The predicted molar refractivity (Wildman–Crippen MR) is 77.2 cm³/mol. The number of benzene rings is 1. The Morgan fingerprint density at radius 1 is 1.35 bits per heavy atom. The molecule has 20 heavy (non-hydrogen) atoms. The first-order valence-electron chi connectivity index (χ1n) is 5.94. The number of fused-ring (bicyclic) bond motifs is 1. The van der Waals surface area contributed by atoms with E-state index in [0.717, 1.165) is 10.2 Å². The number of para-hydroxylation sites is 1. The topological polar surface area (TPSA) is 47.5 Å². The zero-order chi connectivity index (χ0) is 13.9. The molecule has 0 saturated heterocycles. The first-order valence-corrected chi connectivity index (χ1v) is 6.75. The lowest BCUT2D eigenvalue weighted by molar-refractivity contribution is 0.0971. The number of carbonyl (C=O) groups is 1.